The minimum Gasteiger partial charge on any atom is -0.215 e. The Morgan fingerprint density at radius 1 is 1.11 bits per heavy atom. The van der Waals surface area contributed by atoms with Crippen LogP contribution in [0.2, 0.25) is 0 Å². The van der Waals surface area contributed by atoms with Gasteiger partial charge in [0.1, 0.15) is 0 Å². The van der Waals surface area contributed by atoms with Gasteiger partial charge in [-0.15, -0.1) is 0 Å². The molecule has 0 atom stereocenters. The largest absolute Gasteiger partial charge is 0.215 e. The number of benzene rings is 1. The normalized spacial score (nSPS) is 11.6. The number of aryl methyl sites for hydroxylation is 1. The quantitative estimate of drug-likeness (QED) is 0.890. The van der Waals surface area contributed by atoms with Gasteiger partial charge in [0.05, 0.1) is 5.75 Å². The van der Waals surface area contributed by atoms with Crippen molar-refractivity contribution in [2.24, 2.45) is 0 Å². The average Bonchev–Trinajstić information content (AvgIpc) is 2.85. The molecule has 1 aromatic heterocycles. The van der Waals surface area contributed by atoms with Crippen molar-refractivity contribution in [2.75, 3.05) is 6.54 Å². The summed E-state index contributed by atoms with van der Waals surface area (Å²) in [5, 5.41) is 4.03. The Balaban J connectivity index is 1.86. The van der Waals surface area contributed by atoms with Crippen LogP contribution in [-0.2, 0) is 22.2 Å². The van der Waals surface area contributed by atoms with Gasteiger partial charge in [0.15, 0.2) is 0 Å². The molecule has 0 amide bonds. The van der Waals surface area contributed by atoms with Crippen molar-refractivity contribution >= 4 is 21.4 Å². The van der Waals surface area contributed by atoms with Crippen LogP contribution in [0.4, 0.5) is 0 Å². The van der Waals surface area contributed by atoms with Crippen LogP contribution in [0.25, 0.3) is 0 Å². The SMILES string of the molecule is Cc1ccc(CS(=O)(=O)NCCc2ccsc2)cc1. The van der Waals surface area contributed by atoms with E-state index in [2.05, 4.69) is 4.72 Å². The van der Waals surface area contributed by atoms with Crippen molar-refractivity contribution in [3.8, 4) is 0 Å². The fourth-order valence-electron chi connectivity index (χ4n) is 1.74. The van der Waals surface area contributed by atoms with Gasteiger partial charge in [0, 0.05) is 6.54 Å². The Labute approximate surface area is 118 Å². The van der Waals surface area contributed by atoms with Gasteiger partial charge in [-0.25, -0.2) is 13.1 Å². The first kappa shape index (κ1) is 14.2. The molecule has 1 heterocycles. The summed E-state index contributed by atoms with van der Waals surface area (Å²) in [5.41, 5.74) is 3.11. The highest BCUT2D eigenvalue weighted by Crippen LogP contribution is 2.08. The van der Waals surface area contributed by atoms with Crippen LogP contribution in [0.15, 0.2) is 41.1 Å². The zero-order valence-electron chi connectivity index (χ0n) is 10.8. The van der Waals surface area contributed by atoms with Crippen molar-refractivity contribution in [1.29, 1.82) is 0 Å². The van der Waals surface area contributed by atoms with E-state index < -0.39 is 10.0 Å². The Hall–Kier alpha value is -1.17. The smallest absolute Gasteiger partial charge is 0.215 e. The average molecular weight is 295 g/mol. The molecule has 2 rings (SSSR count). The third-order valence-electron chi connectivity index (χ3n) is 2.79. The van der Waals surface area contributed by atoms with Crippen LogP contribution in [0, 0.1) is 6.92 Å². The number of sulfonamides is 1. The molecule has 0 aliphatic rings. The molecule has 2 aromatic rings. The molecule has 0 unspecified atom stereocenters. The van der Waals surface area contributed by atoms with E-state index in [9.17, 15) is 8.42 Å². The van der Waals surface area contributed by atoms with Gasteiger partial charge >= 0.3 is 0 Å². The number of hydrogen-bond acceptors (Lipinski definition) is 3. The van der Waals surface area contributed by atoms with Crippen LogP contribution < -0.4 is 4.72 Å². The van der Waals surface area contributed by atoms with Gasteiger partial charge in [-0.1, -0.05) is 29.8 Å². The van der Waals surface area contributed by atoms with Gasteiger partial charge in [0.2, 0.25) is 10.0 Å². The van der Waals surface area contributed by atoms with Gasteiger partial charge in [-0.2, -0.15) is 11.3 Å². The summed E-state index contributed by atoms with van der Waals surface area (Å²) in [5.74, 6) is 0.0386. The van der Waals surface area contributed by atoms with E-state index in [1.165, 1.54) is 5.56 Å². The second-order valence-corrected chi connectivity index (χ2v) is 7.11. The maximum absolute atomic E-state index is 11.9. The number of nitrogens with one attached hydrogen (secondary N) is 1. The van der Waals surface area contributed by atoms with E-state index in [4.69, 9.17) is 0 Å². The Kier molecular flexibility index (Phi) is 4.74. The molecule has 19 heavy (non-hydrogen) atoms. The molecule has 3 nitrogen and oxygen atoms in total. The summed E-state index contributed by atoms with van der Waals surface area (Å²) in [6, 6.07) is 9.58. The molecule has 5 heteroatoms. The second-order valence-electron chi connectivity index (χ2n) is 4.52. The highest BCUT2D eigenvalue weighted by atomic mass is 32.2. The maximum Gasteiger partial charge on any atom is 0.215 e. The zero-order chi connectivity index (χ0) is 13.7. The molecular weight excluding hydrogens is 278 g/mol. The minimum atomic E-state index is -3.25. The molecule has 0 fully saturated rings. The first-order valence-corrected chi connectivity index (χ1v) is 8.69. The molecule has 0 bridgehead atoms. The molecule has 102 valence electrons. The highest BCUT2D eigenvalue weighted by molar-refractivity contribution is 7.88. The van der Waals surface area contributed by atoms with E-state index in [1.54, 1.807) is 11.3 Å². The molecule has 0 saturated heterocycles. The highest BCUT2D eigenvalue weighted by Gasteiger charge is 2.10. The molecule has 0 aliphatic carbocycles. The summed E-state index contributed by atoms with van der Waals surface area (Å²) < 4.78 is 26.4. The van der Waals surface area contributed by atoms with E-state index in [0.717, 1.165) is 17.5 Å². The van der Waals surface area contributed by atoms with E-state index >= 15 is 0 Å². The monoisotopic (exact) mass is 295 g/mol. The molecule has 0 spiro atoms. The van der Waals surface area contributed by atoms with Crippen LogP contribution in [0.3, 0.4) is 0 Å². The van der Waals surface area contributed by atoms with Crippen LogP contribution in [-0.4, -0.2) is 15.0 Å². The van der Waals surface area contributed by atoms with Gasteiger partial charge in [-0.05, 0) is 41.3 Å². The van der Waals surface area contributed by atoms with E-state index in [1.807, 2.05) is 48.0 Å². The van der Waals surface area contributed by atoms with Crippen molar-refractivity contribution in [2.45, 2.75) is 19.1 Å². The minimum absolute atomic E-state index is 0.0386. The topological polar surface area (TPSA) is 46.2 Å². The van der Waals surface area contributed by atoms with Crippen LogP contribution in [0.5, 0.6) is 0 Å². The lowest BCUT2D eigenvalue weighted by Gasteiger charge is -2.06. The summed E-state index contributed by atoms with van der Waals surface area (Å²) in [4.78, 5) is 0. The van der Waals surface area contributed by atoms with Gasteiger partial charge < -0.3 is 0 Å². The number of thiophene rings is 1. The lowest BCUT2D eigenvalue weighted by Crippen LogP contribution is -2.27. The molecule has 0 aliphatic heterocycles. The summed E-state index contributed by atoms with van der Waals surface area (Å²) in [7, 11) is -3.25. The first-order valence-electron chi connectivity index (χ1n) is 6.09. The Bertz CT molecular complexity index is 601. The van der Waals surface area contributed by atoms with Crippen LogP contribution >= 0.6 is 11.3 Å². The lowest BCUT2D eigenvalue weighted by atomic mass is 10.2. The second kappa shape index (κ2) is 6.32. The third kappa shape index (κ3) is 4.78. The molecule has 1 N–H and O–H groups in total. The number of hydrogen-bond donors (Lipinski definition) is 1. The fourth-order valence-corrected chi connectivity index (χ4v) is 3.59. The summed E-state index contributed by atoms with van der Waals surface area (Å²) >= 11 is 1.62. The van der Waals surface area contributed by atoms with Gasteiger partial charge in [0.25, 0.3) is 0 Å². The Morgan fingerprint density at radius 3 is 2.47 bits per heavy atom. The first-order chi connectivity index (χ1) is 9.05. The molecule has 0 saturated carbocycles. The van der Waals surface area contributed by atoms with E-state index in [0.29, 0.717) is 6.54 Å². The maximum atomic E-state index is 11.9. The molecular formula is C14H17NO2S2. The Morgan fingerprint density at radius 2 is 1.84 bits per heavy atom. The van der Waals surface area contributed by atoms with E-state index in [-0.39, 0.29) is 5.75 Å². The third-order valence-corrected chi connectivity index (χ3v) is 4.88. The van der Waals surface area contributed by atoms with Crippen molar-refractivity contribution in [3.63, 3.8) is 0 Å². The van der Waals surface area contributed by atoms with Crippen LogP contribution in [0.1, 0.15) is 16.7 Å². The summed E-state index contributed by atoms with van der Waals surface area (Å²) in [6.45, 7) is 2.43. The van der Waals surface area contributed by atoms with Gasteiger partial charge in [-0.3, -0.25) is 0 Å². The summed E-state index contributed by atoms with van der Waals surface area (Å²) in [6.07, 6.45) is 0.733. The predicted molar refractivity (Wildman–Crippen MR) is 79.8 cm³/mol. The molecule has 1 aromatic carbocycles. The predicted octanol–water partition coefficient (Wildman–Crippen LogP) is 2.72. The number of rotatable bonds is 6. The molecule has 0 radical (unpaired) electrons. The zero-order valence-corrected chi connectivity index (χ0v) is 12.4. The fraction of sp³-hybridized carbons (Fsp3) is 0.286. The van der Waals surface area contributed by atoms with Crippen molar-refractivity contribution in [1.82, 2.24) is 4.72 Å². The standard InChI is InChI=1S/C14H17NO2S2/c1-12-2-4-14(5-3-12)11-19(16,17)15-8-6-13-7-9-18-10-13/h2-5,7,9-10,15H,6,8,11H2,1H3. The van der Waals surface area contributed by atoms with Crippen molar-refractivity contribution in [3.05, 3.63) is 57.8 Å². The lowest BCUT2D eigenvalue weighted by molar-refractivity contribution is 0.581. The van der Waals surface area contributed by atoms with Crippen molar-refractivity contribution < 1.29 is 8.42 Å².